The van der Waals surface area contributed by atoms with Gasteiger partial charge in [-0.3, -0.25) is 0 Å². The van der Waals surface area contributed by atoms with Gasteiger partial charge in [-0.25, -0.2) is 23.4 Å². The topological polar surface area (TPSA) is 89.8 Å². The molecule has 3 rings (SSSR count). The Bertz CT molecular complexity index is 995. The molecule has 0 spiro atoms. The van der Waals surface area contributed by atoms with Gasteiger partial charge in [0.05, 0.1) is 17.0 Å². The number of anilines is 1. The SMILES string of the molecule is CC(C)Cn1ccnc1CNc1ncnc2ccc(S(C)(=O)=O)cc12. The second-order valence-electron chi connectivity index (χ2n) is 6.42. The smallest absolute Gasteiger partial charge is 0.175 e. The van der Waals surface area contributed by atoms with Crippen molar-refractivity contribution in [3.63, 3.8) is 0 Å². The molecule has 0 fully saturated rings. The zero-order valence-electron chi connectivity index (χ0n) is 14.5. The maximum Gasteiger partial charge on any atom is 0.175 e. The van der Waals surface area contributed by atoms with Gasteiger partial charge in [0.1, 0.15) is 18.0 Å². The molecule has 0 saturated carbocycles. The largest absolute Gasteiger partial charge is 0.362 e. The third-order valence-electron chi connectivity index (χ3n) is 3.81. The van der Waals surface area contributed by atoms with Crippen molar-refractivity contribution < 1.29 is 8.42 Å². The molecule has 0 amide bonds. The van der Waals surface area contributed by atoms with Crippen LogP contribution >= 0.6 is 0 Å². The maximum atomic E-state index is 11.8. The van der Waals surface area contributed by atoms with Crippen molar-refractivity contribution in [1.29, 1.82) is 0 Å². The summed E-state index contributed by atoms with van der Waals surface area (Å²) in [6.45, 7) is 5.69. The van der Waals surface area contributed by atoms with Gasteiger partial charge in [-0.1, -0.05) is 13.8 Å². The Labute approximate surface area is 147 Å². The molecule has 2 heterocycles. The summed E-state index contributed by atoms with van der Waals surface area (Å²) in [5.41, 5.74) is 0.690. The van der Waals surface area contributed by atoms with Gasteiger partial charge < -0.3 is 9.88 Å². The zero-order valence-corrected chi connectivity index (χ0v) is 15.3. The average molecular weight is 359 g/mol. The number of hydrogen-bond donors (Lipinski definition) is 1. The summed E-state index contributed by atoms with van der Waals surface area (Å²) < 4.78 is 25.7. The van der Waals surface area contributed by atoms with Crippen LogP contribution in [0, 0.1) is 5.92 Å². The predicted molar refractivity (Wildman–Crippen MR) is 97.0 cm³/mol. The minimum Gasteiger partial charge on any atom is -0.362 e. The summed E-state index contributed by atoms with van der Waals surface area (Å²) in [7, 11) is -3.29. The van der Waals surface area contributed by atoms with E-state index in [-0.39, 0.29) is 4.90 Å². The first-order valence-corrected chi connectivity index (χ1v) is 9.92. The van der Waals surface area contributed by atoms with Crippen LogP contribution in [-0.4, -0.2) is 34.2 Å². The highest BCUT2D eigenvalue weighted by atomic mass is 32.2. The monoisotopic (exact) mass is 359 g/mol. The van der Waals surface area contributed by atoms with Crippen molar-refractivity contribution in [3.05, 3.63) is 42.7 Å². The molecular weight excluding hydrogens is 338 g/mol. The van der Waals surface area contributed by atoms with Crippen LogP contribution in [0.5, 0.6) is 0 Å². The third kappa shape index (κ3) is 3.96. The van der Waals surface area contributed by atoms with E-state index in [9.17, 15) is 8.42 Å². The molecule has 25 heavy (non-hydrogen) atoms. The lowest BCUT2D eigenvalue weighted by molar-refractivity contribution is 0.509. The molecule has 0 saturated heterocycles. The Morgan fingerprint density at radius 1 is 1.20 bits per heavy atom. The molecule has 0 radical (unpaired) electrons. The van der Waals surface area contributed by atoms with Gasteiger partial charge in [-0.2, -0.15) is 0 Å². The lowest BCUT2D eigenvalue weighted by Crippen LogP contribution is -2.12. The van der Waals surface area contributed by atoms with E-state index in [1.165, 1.54) is 12.6 Å². The molecule has 0 bridgehead atoms. The molecule has 1 aromatic carbocycles. The van der Waals surface area contributed by atoms with Crippen LogP contribution in [0.15, 0.2) is 41.8 Å². The Morgan fingerprint density at radius 3 is 2.72 bits per heavy atom. The predicted octanol–water partition coefficient (Wildman–Crippen LogP) is 2.50. The number of imidazole rings is 1. The number of sulfone groups is 1. The molecule has 8 heteroatoms. The normalized spacial score (nSPS) is 12.0. The van der Waals surface area contributed by atoms with Crippen molar-refractivity contribution in [3.8, 4) is 0 Å². The van der Waals surface area contributed by atoms with Gasteiger partial charge in [0.2, 0.25) is 0 Å². The van der Waals surface area contributed by atoms with Gasteiger partial charge in [0.15, 0.2) is 9.84 Å². The molecule has 0 unspecified atom stereocenters. The van der Waals surface area contributed by atoms with E-state index in [1.807, 2.05) is 6.20 Å². The Hall–Kier alpha value is -2.48. The van der Waals surface area contributed by atoms with E-state index in [0.29, 0.717) is 29.2 Å². The van der Waals surface area contributed by atoms with Crippen molar-refractivity contribution in [2.24, 2.45) is 5.92 Å². The van der Waals surface area contributed by atoms with Gasteiger partial charge in [-0.15, -0.1) is 0 Å². The number of fused-ring (bicyclic) bond motifs is 1. The minimum atomic E-state index is -3.29. The molecule has 1 N–H and O–H groups in total. The number of aromatic nitrogens is 4. The van der Waals surface area contributed by atoms with Gasteiger partial charge >= 0.3 is 0 Å². The fourth-order valence-corrected chi connectivity index (χ4v) is 3.28. The lowest BCUT2D eigenvalue weighted by Gasteiger charge is -2.12. The van der Waals surface area contributed by atoms with Crippen LogP contribution in [0.4, 0.5) is 5.82 Å². The van der Waals surface area contributed by atoms with Crippen LogP contribution in [0.1, 0.15) is 19.7 Å². The standard InChI is InChI=1S/C17H21N5O2S/c1-12(2)10-22-7-6-18-16(22)9-19-17-14-8-13(25(3,23)24)4-5-15(14)20-11-21-17/h4-8,11-12H,9-10H2,1-3H3,(H,19,20,21). The van der Waals surface area contributed by atoms with Crippen LogP contribution in [0.2, 0.25) is 0 Å². The van der Waals surface area contributed by atoms with E-state index < -0.39 is 9.84 Å². The summed E-state index contributed by atoms with van der Waals surface area (Å²) >= 11 is 0. The highest BCUT2D eigenvalue weighted by Gasteiger charge is 2.12. The second kappa shape index (κ2) is 6.79. The van der Waals surface area contributed by atoms with Gasteiger partial charge in [0.25, 0.3) is 0 Å². The van der Waals surface area contributed by atoms with Crippen LogP contribution in [0.25, 0.3) is 10.9 Å². The molecule has 0 atom stereocenters. The first-order valence-electron chi connectivity index (χ1n) is 8.03. The fourth-order valence-electron chi connectivity index (χ4n) is 2.64. The van der Waals surface area contributed by atoms with E-state index in [1.54, 1.807) is 24.4 Å². The van der Waals surface area contributed by atoms with Crippen molar-refractivity contribution in [1.82, 2.24) is 19.5 Å². The molecule has 2 aromatic heterocycles. The lowest BCUT2D eigenvalue weighted by atomic mass is 10.2. The molecule has 3 aromatic rings. The van der Waals surface area contributed by atoms with Crippen molar-refractivity contribution in [2.75, 3.05) is 11.6 Å². The number of benzene rings is 1. The van der Waals surface area contributed by atoms with Crippen LogP contribution in [0.3, 0.4) is 0 Å². The van der Waals surface area contributed by atoms with E-state index in [4.69, 9.17) is 0 Å². The molecule has 132 valence electrons. The Kier molecular flexibility index (Phi) is 4.71. The molecular formula is C17H21N5O2S. The number of nitrogens with zero attached hydrogens (tertiary/aromatic N) is 4. The molecule has 0 aliphatic rings. The average Bonchev–Trinajstić information content (AvgIpc) is 2.97. The van der Waals surface area contributed by atoms with Crippen LogP contribution < -0.4 is 5.32 Å². The summed E-state index contributed by atoms with van der Waals surface area (Å²) in [4.78, 5) is 13.1. The summed E-state index contributed by atoms with van der Waals surface area (Å²) in [6, 6.07) is 4.86. The Morgan fingerprint density at radius 2 is 2.00 bits per heavy atom. The first-order chi connectivity index (χ1) is 11.8. The number of nitrogens with one attached hydrogen (secondary N) is 1. The number of rotatable bonds is 6. The number of hydrogen-bond acceptors (Lipinski definition) is 6. The van der Waals surface area contributed by atoms with Gasteiger partial charge in [0, 0.05) is 30.6 Å². The zero-order chi connectivity index (χ0) is 18.0. The van der Waals surface area contributed by atoms with Crippen LogP contribution in [-0.2, 0) is 22.9 Å². The molecule has 0 aliphatic carbocycles. The summed E-state index contributed by atoms with van der Waals surface area (Å²) in [6.07, 6.45) is 6.38. The minimum absolute atomic E-state index is 0.249. The van der Waals surface area contributed by atoms with E-state index in [2.05, 4.69) is 38.7 Å². The van der Waals surface area contributed by atoms with E-state index >= 15 is 0 Å². The second-order valence-corrected chi connectivity index (χ2v) is 8.43. The quantitative estimate of drug-likeness (QED) is 0.727. The first kappa shape index (κ1) is 17.3. The van der Waals surface area contributed by atoms with Crippen molar-refractivity contribution >= 4 is 26.6 Å². The highest BCUT2D eigenvalue weighted by molar-refractivity contribution is 7.90. The van der Waals surface area contributed by atoms with Gasteiger partial charge in [-0.05, 0) is 24.1 Å². The third-order valence-corrected chi connectivity index (χ3v) is 4.92. The Balaban J connectivity index is 1.90. The van der Waals surface area contributed by atoms with Crippen molar-refractivity contribution in [2.45, 2.75) is 31.8 Å². The maximum absolute atomic E-state index is 11.8. The summed E-state index contributed by atoms with van der Waals surface area (Å²) in [5.74, 6) is 2.01. The highest BCUT2D eigenvalue weighted by Crippen LogP contribution is 2.23. The summed E-state index contributed by atoms with van der Waals surface area (Å²) in [5, 5.41) is 3.93. The molecule has 7 nitrogen and oxygen atoms in total. The fraction of sp³-hybridized carbons (Fsp3) is 0.353. The molecule has 0 aliphatic heterocycles. The van der Waals surface area contributed by atoms with E-state index in [0.717, 1.165) is 12.4 Å².